The molecule has 6 nitrogen and oxygen atoms in total. The van der Waals surface area contributed by atoms with E-state index in [9.17, 15) is 13.2 Å². The second-order valence-electron chi connectivity index (χ2n) is 8.30. The lowest BCUT2D eigenvalue weighted by atomic mass is 9.76. The zero-order valence-corrected chi connectivity index (χ0v) is 19.4. The SMILES string of the molecule is Cc1cc(C2(c3cc(-c4cncc(CS(=O)O)c4)ccc3F)N=C(N)c3c(F)cccc32)ccn1. The summed E-state index contributed by atoms with van der Waals surface area (Å²) in [6, 6.07) is 14.3. The van der Waals surface area contributed by atoms with E-state index in [4.69, 9.17) is 5.73 Å². The fourth-order valence-electron chi connectivity index (χ4n) is 4.58. The Morgan fingerprint density at radius 3 is 2.60 bits per heavy atom. The molecule has 2 aromatic carbocycles. The first kappa shape index (κ1) is 22.9. The van der Waals surface area contributed by atoms with Crippen LogP contribution in [-0.2, 0) is 22.4 Å². The number of halogens is 2. The van der Waals surface area contributed by atoms with E-state index in [0.29, 0.717) is 33.5 Å². The van der Waals surface area contributed by atoms with Crippen molar-refractivity contribution in [2.24, 2.45) is 10.7 Å². The van der Waals surface area contributed by atoms with E-state index in [1.54, 1.807) is 61.8 Å². The molecule has 3 N–H and O–H groups in total. The molecule has 3 heterocycles. The second-order valence-corrected chi connectivity index (χ2v) is 9.23. The molecule has 0 spiro atoms. The maximum atomic E-state index is 15.6. The summed E-state index contributed by atoms with van der Waals surface area (Å²) in [4.78, 5) is 13.1. The van der Waals surface area contributed by atoms with Crippen LogP contribution >= 0.6 is 0 Å². The molecular formula is C26H20F2N4O2S. The lowest BCUT2D eigenvalue weighted by molar-refractivity contribution is 0.557. The van der Waals surface area contributed by atoms with E-state index in [1.807, 2.05) is 0 Å². The third-order valence-electron chi connectivity index (χ3n) is 6.04. The Bertz CT molecular complexity index is 1530. The molecule has 2 atom stereocenters. The molecule has 5 rings (SSSR count). The van der Waals surface area contributed by atoms with Crippen LogP contribution in [0.25, 0.3) is 11.1 Å². The van der Waals surface area contributed by atoms with Gasteiger partial charge in [0.05, 0.1) is 11.3 Å². The fourth-order valence-corrected chi connectivity index (χ4v) is 5.03. The van der Waals surface area contributed by atoms with Gasteiger partial charge in [-0.1, -0.05) is 18.2 Å². The van der Waals surface area contributed by atoms with Crippen LogP contribution in [0.3, 0.4) is 0 Å². The van der Waals surface area contributed by atoms with E-state index in [-0.39, 0.29) is 22.7 Å². The van der Waals surface area contributed by atoms with Gasteiger partial charge < -0.3 is 10.3 Å². The number of aromatic nitrogens is 2. The minimum atomic E-state index is -2.03. The highest BCUT2D eigenvalue weighted by molar-refractivity contribution is 7.78. The number of fused-ring (bicyclic) bond motifs is 1. The standard InChI is InChI=1S/C26H20F2N4O2S/c1-15-9-19(7-8-31-15)26(20-3-2-4-23(28)24(20)25(29)32-26)21-11-17(5-6-22(21)27)18-10-16(12-30-13-18)14-35(33)34/h2-13H,14H2,1H3,(H2,29,32)(H,33,34). The van der Waals surface area contributed by atoms with Crippen LogP contribution in [0.1, 0.15) is 33.5 Å². The van der Waals surface area contributed by atoms with Crippen LogP contribution in [0.2, 0.25) is 0 Å². The first-order valence-corrected chi connectivity index (χ1v) is 12.0. The maximum absolute atomic E-state index is 15.6. The Labute approximate surface area is 202 Å². The summed E-state index contributed by atoms with van der Waals surface area (Å²) in [6.07, 6.45) is 4.69. The van der Waals surface area contributed by atoms with Crippen LogP contribution < -0.4 is 5.73 Å². The van der Waals surface area contributed by atoms with E-state index >= 15 is 4.39 Å². The molecule has 0 amide bonds. The number of nitrogens with two attached hydrogens (primary N) is 1. The van der Waals surface area contributed by atoms with Crippen molar-refractivity contribution < 1.29 is 17.5 Å². The van der Waals surface area contributed by atoms with Gasteiger partial charge >= 0.3 is 0 Å². The lowest BCUT2D eigenvalue weighted by Crippen LogP contribution is -2.27. The van der Waals surface area contributed by atoms with Crippen LogP contribution in [-0.4, -0.2) is 24.6 Å². The van der Waals surface area contributed by atoms with Gasteiger partial charge in [0.15, 0.2) is 11.1 Å². The van der Waals surface area contributed by atoms with E-state index in [2.05, 4.69) is 15.0 Å². The molecule has 0 fully saturated rings. The van der Waals surface area contributed by atoms with Gasteiger partial charge in [0, 0.05) is 41.0 Å². The zero-order valence-electron chi connectivity index (χ0n) is 18.6. The first-order valence-electron chi connectivity index (χ1n) is 10.7. The van der Waals surface area contributed by atoms with Crippen LogP contribution in [0.5, 0.6) is 0 Å². The molecular weight excluding hydrogens is 470 g/mol. The van der Waals surface area contributed by atoms with Gasteiger partial charge in [-0.15, -0.1) is 0 Å². The molecule has 2 aromatic heterocycles. The predicted molar refractivity (Wildman–Crippen MR) is 130 cm³/mol. The molecule has 176 valence electrons. The summed E-state index contributed by atoms with van der Waals surface area (Å²) < 4.78 is 51.0. The number of pyridine rings is 2. The van der Waals surface area contributed by atoms with Crippen molar-refractivity contribution in [3.05, 3.63) is 118 Å². The van der Waals surface area contributed by atoms with Crippen molar-refractivity contribution in [2.45, 2.75) is 18.2 Å². The normalized spacial score (nSPS) is 17.7. The van der Waals surface area contributed by atoms with Crippen molar-refractivity contribution in [1.82, 2.24) is 9.97 Å². The summed E-state index contributed by atoms with van der Waals surface area (Å²) in [5, 5.41) is 0. The van der Waals surface area contributed by atoms with Crippen molar-refractivity contribution >= 4 is 16.9 Å². The van der Waals surface area contributed by atoms with Gasteiger partial charge in [0.1, 0.15) is 23.0 Å². The van der Waals surface area contributed by atoms with Crippen molar-refractivity contribution in [3.63, 3.8) is 0 Å². The summed E-state index contributed by atoms with van der Waals surface area (Å²) in [7, 11) is 0. The molecule has 9 heteroatoms. The molecule has 0 bridgehead atoms. The van der Waals surface area contributed by atoms with E-state index < -0.39 is 28.3 Å². The number of hydrogen-bond donors (Lipinski definition) is 2. The number of aliphatic imine (C=N–C) groups is 1. The van der Waals surface area contributed by atoms with Gasteiger partial charge in [0.2, 0.25) is 0 Å². The largest absolute Gasteiger partial charge is 0.383 e. The molecule has 35 heavy (non-hydrogen) atoms. The number of nitrogens with zero attached hydrogens (tertiary/aromatic N) is 3. The third kappa shape index (κ3) is 3.92. The summed E-state index contributed by atoms with van der Waals surface area (Å²) in [5.74, 6) is -1.19. The number of aryl methyl sites for hydroxylation is 1. The lowest BCUT2D eigenvalue weighted by Gasteiger charge is -2.30. The number of hydrogen-bond acceptors (Lipinski definition) is 5. The van der Waals surface area contributed by atoms with Gasteiger partial charge in [0.25, 0.3) is 0 Å². The molecule has 1 aliphatic heterocycles. The maximum Gasteiger partial charge on any atom is 0.157 e. The highest BCUT2D eigenvalue weighted by Gasteiger charge is 2.46. The van der Waals surface area contributed by atoms with Crippen LogP contribution in [0, 0.1) is 18.6 Å². The molecule has 4 aromatic rings. The van der Waals surface area contributed by atoms with E-state index in [1.165, 1.54) is 18.3 Å². The molecule has 0 radical (unpaired) electrons. The average molecular weight is 491 g/mol. The van der Waals surface area contributed by atoms with Crippen LogP contribution in [0.15, 0.2) is 78.2 Å². The first-order chi connectivity index (χ1) is 16.8. The predicted octanol–water partition coefficient (Wildman–Crippen LogP) is 4.46. The molecule has 2 unspecified atom stereocenters. The highest BCUT2D eigenvalue weighted by Crippen LogP contribution is 2.48. The molecule has 0 aliphatic carbocycles. The van der Waals surface area contributed by atoms with Gasteiger partial charge in [-0.05, 0) is 60.0 Å². The molecule has 0 saturated carbocycles. The quantitative estimate of drug-likeness (QED) is 0.402. The number of amidine groups is 1. The fraction of sp³-hybridized carbons (Fsp3) is 0.115. The molecule has 0 saturated heterocycles. The third-order valence-corrected chi connectivity index (χ3v) is 6.62. The van der Waals surface area contributed by atoms with Gasteiger partial charge in [-0.25, -0.2) is 18.0 Å². The average Bonchev–Trinajstić information content (AvgIpc) is 3.13. The Morgan fingerprint density at radius 2 is 1.83 bits per heavy atom. The Morgan fingerprint density at radius 1 is 1.00 bits per heavy atom. The van der Waals surface area contributed by atoms with Crippen molar-refractivity contribution in [1.29, 1.82) is 0 Å². The number of benzene rings is 2. The number of rotatable bonds is 5. The van der Waals surface area contributed by atoms with Crippen LogP contribution in [0.4, 0.5) is 8.78 Å². The second kappa shape index (κ2) is 8.75. The van der Waals surface area contributed by atoms with Gasteiger partial charge in [-0.2, -0.15) is 0 Å². The summed E-state index contributed by atoms with van der Waals surface area (Å²) in [5.41, 5.74) is 8.61. The minimum absolute atomic E-state index is 0.0218. The monoisotopic (exact) mass is 490 g/mol. The Balaban J connectivity index is 1.78. The zero-order chi connectivity index (χ0) is 24.7. The minimum Gasteiger partial charge on any atom is -0.383 e. The summed E-state index contributed by atoms with van der Waals surface area (Å²) in [6.45, 7) is 1.81. The van der Waals surface area contributed by atoms with Gasteiger partial charge in [-0.3, -0.25) is 9.97 Å². The van der Waals surface area contributed by atoms with Crippen molar-refractivity contribution in [2.75, 3.05) is 0 Å². The molecule has 1 aliphatic rings. The summed E-state index contributed by atoms with van der Waals surface area (Å²) >= 11 is -2.03. The topological polar surface area (TPSA) is 101 Å². The smallest absolute Gasteiger partial charge is 0.157 e. The van der Waals surface area contributed by atoms with Crippen molar-refractivity contribution in [3.8, 4) is 11.1 Å². The Hall–Kier alpha value is -3.82. The van der Waals surface area contributed by atoms with E-state index in [0.717, 1.165) is 0 Å². The Kier molecular flexibility index (Phi) is 5.74. The highest BCUT2D eigenvalue weighted by atomic mass is 32.2.